The lowest BCUT2D eigenvalue weighted by molar-refractivity contribution is -0.126. The molecule has 5 heteroatoms. The second-order valence-electron chi connectivity index (χ2n) is 3.43. The van der Waals surface area contributed by atoms with Crippen molar-refractivity contribution in [3.8, 4) is 0 Å². The molecule has 15 heavy (non-hydrogen) atoms. The number of alkyl halides is 1. The normalized spacial score (nSPS) is 12.5. The Bertz CT molecular complexity index is 167. The van der Waals surface area contributed by atoms with E-state index in [1.165, 1.54) is 0 Å². The number of ether oxygens (including phenoxy) is 2. The van der Waals surface area contributed by atoms with E-state index >= 15 is 0 Å². The zero-order valence-corrected chi connectivity index (χ0v) is 11.0. The number of carbonyl (C=O) groups is 1. The minimum absolute atomic E-state index is 0.0625. The lowest BCUT2D eigenvalue weighted by Crippen LogP contribution is -2.31. The molecule has 1 atom stereocenters. The topological polar surface area (TPSA) is 47.6 Å². The minimum Gasteiger partial charge on any atom is -0.382 e. The third kappa shape index (κ3) is 10.2. The molecule has 90 valence electrons. The van der Waals surface area contributed by atoms with E-state index < -0.39 is 0 Å². The molecule has 0 saturated carbocycles. The molecule has 0 rings (SSSR count). The van der Waals surface area contributed by atoms with E-state index in [0.717, 1.165) is 11.8 Å². The van der Waals surface area contributed by atoms with Crippen molar-refractivity contribution in [1.29, 1.82) is 0 Å². The summed E-state index contributed by atoms with van der Waals surface area (Å²) in [4.78, 5) is 11.2. The molecule has 0 spiro atoms. The van der Waals surface area contributed by atoms with Crippen LogP contribution in [0.25, 0.3) is 0 Å². The third-order valence-electron chi connectivity index (χ3n) is 1.91. The molecular weight excluding hydrogens is 262 g/mol. The highest BCUT2D eigenvalue weighted by molar-refractivity contribution is 9.09. The molecule has 1 N–H and O–H groups in total. The fourth-order valence-electron chi connectivity index (χ4n) is 0.935. The van der Waals surface area contributed by atoms with Gasteiger partial charge in [0.05, 0.1) is 13.2 Å². The summed E-state index contributed by atoms with van der Waals surface area (Å²) in [5.74, 6) is 0.430. The molecule has 0 aromatic rings. The maximum absolute atomic E-state index is 11.2. The summed E-state index contributed by atoms with van der Waals surface area (Å²) in [6, 6.07) is 0. The van der Waals surface area contributed by atoms with Gasteiger partial charge in [-0.15, -0.1) is 0 Å². The van der Waals surface area contributed by atoms with Crippen molar-refractivity contribution in [2.24, 2.45) is 5.92 Å². The van der Waals surface area contributed by atoms with Crippen LogP contribution in [0.5, 0.6) is 0 Å². The fraction of sp³-hybridized carbons (Fsp3) is 0.900. The van der Waals surface area contributed by atoms with Crippen LogP contribution in [0, 0.1) is 5.92 Å². The van der Waals surface area contributed by atoms with Gasteiger partial charge in [0.2, 0.25) is 5.91 Å². The Balaban J connectivity index is 3.32. The second-order valence-corrected chi connectivity index (χ2v) is 4.23. The van der Waals surface area contributed by atoms with E-state index in [4.69, 9.17) is 9.47 Å². The third-order valence-corrected chi connectivity index (χ3v) is 2.37. The lowest BCUT2D eigenvalue weighted by atomic mass is 10.1. The molecule has 4 nitrogen and oxygen atoms in total. The number of methoxy groups -OCH3 is 1. The molecule has 0 saturated heterocycles. The van der Waals surface area contributed by atoms with Crippen LogP contribution in [-0.4, -0.2) is 44.7 Å². The Morgan fingerprint density at radius 2 is 2.20 bits per heavy atom. The van der Waals surface area contributed by atoms with Crippen molar-refractivity contribution in [3.63, 3.8) is 0 Å². The van der Waals surface area contributed by atoms with Gasteiger partial charge in [-0.1, -0.05) is 22.9 Å². The van der Waals surface area contributed by atoms with Crippen molar-refractivity contribution in [2.45, 2.75) is 13.3 Å². The number of halogens is 1. The van der Waals surface area contributed by atoms with Gasteiger partial charge in [0.25, 0.3) is 0 Å². The first-order valence-electron chi connectivity index (χ1n) is 5.10. The van der Waals surface area contributed by atoms with E-state index in [1.54, 1.807) is 7.11 Å². The molecule has 0 radical (unpaired) electrons. The van der Waals surface area contributed by atoms with Crippen LogP contribution in [0.1, 0.15) is 13.3 Å². The Labute approximate surface area is 99.8 Å². The van der Waals surface area contributed by atoms with Crippen LogP contribution in [0.4, 0.5) is 0 Å². The average Bonchev–Trinajstić information content (AvgIpc) is 2.22. The first-order chi connectivity index (χ1) is 7.20. The maximum Gasteiger partial charge on any atom is 0.246 e. The Hall–Kier alpha value is -0.130. The number of hydrogen-bond donors (Lipinski definition) is 1. The highest BCUT2D eigenvalue weighted by Gasteiger charge is 2.04. The molecule has 0 aliphatic carbocycles. The molecule has 0 aromatic carbocycles. The van der Waals surface area contributed by atoms with Crippen LogP contribution >= 0.6 is 15.9 Å². The summed E-state index contributed by atoms with van der Waals surface area (Å²) in [7, 11) is 1.60. The second kappa shape index (κ2) is 10.4. The summed E-state index contributed by atoms with van der Waals surface area (Å²) in [5.41, 5.74) is 0. The standard InChI is InChI=1S/C10H20BrNO3/c1-9(3-4-11)7-12-10(13)8-15-6-5-14-2/h9H,3-8H2,1-2H3,(H,12,13). The maximum atomic E-state index is 11.2. The smallest absolute Gasteiger partial charge is 0.246 e. The van der Waals surface area contributed by atoms with Crippen molar-refractivity contribution in [3.05, 3.63) is 0 Å². The van der Waals surface area contributed by atoms with Gasteiger partial charge < -0.3 is 14.8 Å². The summed E-state index contributed by atoms with van der Waals surface area (Å²) < 4.78 is 9.87. The minimum atomic E-state index is -0.0625. The number of rotatable bonds is 9. The zero-order chi connectivity index (χ0) is 11.5. The van der Waals surface area contributed by atoms with Crippen molar-refractivity contribution >= 4 is 21.8 Å². The van der Waals surface area contributed by atoms with Crippen LogP contribution in [-0.2, 0) is 14.3 Å². The van der Waals surface area contributed by atoms with Gasteiger partial charge in [-0.2, -0.15) is 0 Å². The number of hydrogen-bond acceptors (Lipinski definition) is 3. The molecule has 1 amide bonds. The van der Waals surface area contributed by atoms with Crippen LogP contribution in [0.3, 0.4) is 0 Å². The molecule has 0 heterocycles. The predicted molar refractivity (Wildman–Crippen MR) is 63.3 cm³/mol. The highest BCUT2D eigenvalue weighted by atomic mass is 79.9. The summed E-state index contributed by atoms with van der Waals surface area (Å²) in [6.45, 7) is 3.91. The molecule has 0 aromatic heterocycles. The highest BCUT2D eigenvalue weighted by Crippen LogP contribution is 2.01. The van der Waals surface area contributed by atoms with Crippen molar-refractivity contribution < 1.29 is 14.3 Å². The number of carbonyl (C=O) groups excluding carboxylic acids is 1. The molecule has 0 bridgehead atoms. The van der Waals surface area contributed by atoms with Crippen molar-refractivity contribution in [1.82, 2.24) is 5.32 Å². The average molecular weight is 282 g/mol. The monoisotopic (exact) mass is 281 g/mol. The quantitative estimate of drug-likeness (QED) is 0.510. The van der Waals surface area contributed by atoms with E-state index in [1.807, 2.05) is 0 Å². The number of amides is 1. The Morgan fingerprint density at radius 1 is 1.47 bits per heavy atom. The lowest BCUT2D eigenvalue weighted by Gasteiger charge is -2.11. The fourth-order valence-corrected chi connectivity index (χ4v) is 1.72. The summed E-state index contributed by atoms with van der Waals surface area (Å²) in [5, 5.41) is 3.79. The number of nitrogens with one attached hydrogen (secondary N) is 1. The first-order valence-corrected chi connectivity index (χ1v) is 6.22. The van der Waals surface area contributed by atoms with Gasteiger partial charge in [-0.25, -0.2) is 0 Å². The molecule has 1 unspecified atom stereocenters. The van der Waals surface area contributed by atoms with E-state index in [0.29, 0.717) is 25.7 Å². The summed E-state index contributed by atoms with van der Waals surface area (Å²) >= 11 is 3.36. The zero-order valence-electron chi connectivity index (χ0n) is 9.42. The van der Waals surface area contributed by atoms with Gasteiger partial charge in [0.15, 0.2) is 0 Å². The van der Waals surface area contributed by atoms with Gasteiger partial charge in [0.1, 0.15) is 6.61 Å². The van der Waals surface area contributed by atoms with Crippen molar-refractivity contribution in [2.75, 3.05) is 38.8 Å². The van der Waals surface area contributed by atoms with Gasteiger partial charge >= 0.3 is 0 Å². The van der Waals surface area contributed by atoms with Gasteiger partial charge in [0, 0.05) is 19.0 Å². The van der Waals surface area contributed by atoms with E-state index in [-0.39, 0.29) is 12.5 Å². The molecular formula is C10H20BrNO3. The predicted octanol–water partition coefficient (Wildman–Crippen LogP) is 1.19. The van der Waals surface area contributed by atoms with Crippen LogP contribution in [0.2, 0.25) is 0 Å². The Morgan fingerprint density at radius 3 is 2.80 bits per heavy atom. The van der Waals surface area contributed by atoms with Crippen LogP contribution < -0.4 is 5.32 Å². The van der Waals surface area contributed by atoms with E-state index in [9.17, 15) is 4.79 Å². The SMILES string of the molecule is COCCOCC(=O)NCC(C)CCBr. The molecule has 0 fully saturated rings. The largest absolute Gasteiger partial charge is 0.382 e. The Kier molecular flexibility index (Phi) is 10.3. The summed E-state index contributed by atoms with van der Waals surface area (Å²) in [6.07, 6.45) is 1.06. The van der Waals surface area contributed by atoms with Crippen LogP contribution in [0.15, 0.2) is 0 Å². The molecule has 0 aliphatic heterocycles. The molecule has 0 aliphatic rings. The van der Waals surface area contributed by atoms with E-state index in [2.05, 4.69) is 28.2 Å². The van der Waals surface area contributed by atoms with Gasteiger partial charge in [-0.05, 0) is 12.3 Å². The first kappa shape index (κ1) is 14.9. The van der Waals surface area contributed by atoms with Gasteiger partial charge in [-0.3, -0.25) is 4.79 Å².